The maximum atomic E-state index is 15.1. The first kappa shape index (κ1) is 27.3. The topological polar surface area (TPSA) is 86.6 Å². The van der Waals surface area contributed by atoms with E-state index in [1.807, 2.05) is 34.1 Å². The Labute approximate surface area is 248 Å². The number of benzene rings is 2. The molecule has 2 aromatic heterocycles. The van der Waals surface area contributed by atoms with Crippen molar-refractivity contribution < 1.29 is 18.4 Å². The number of fused-ring (bicyclic) bond motifs is 2. The van der Waals surface area contributed by atoms with Crippen LogP contribution in [-0.2, 0) is 17.8 Å². The highest BCUT2D eigenvalue weighted by atomic mass is 19.2. The predicted molar refractivity (Wildman–Crippen MR) is 160 cm³/mol. The van der Waals surface area contributed by atoms with Crippen molar-refractivity contribution in [3.8, 4) is 11.1 Å². The van der Waals surface area contributed by atoms with Crippen LogP contribution in [0.2, 0.25) is 0 Å². The standard InChI is InChI=1S/C32H33F2N7O2/c33-25-8-5-7-23(29(25)34)24-18-40(31-28(24)30(35-20-36-31)39-13-3-4-14-39)19-27(42)38-15-11-22(12-16-38)41-17-10-21-6-1-2-9-26(21)37-32(41)43/h1-2,5-9,18,20,22H,3-4,10-17,19H2,(H,37,43). The van der Waals surface area contributed by atoms with E-state index in [0.29, 0.717) is 54.9 Å². The summed E-state index contributed by atoms with van der Waals surface area (Å²) in [5, 5.41) is 3.66. The van der Waals surface area contributed by atoms with Gasteiger partial charge in [0.05, 0.1) is 5.39 Å². The van der Waals surface area contributed by atoms with E-state index < -0.39 is 11.6 Å². The number of urea groups is 1. The number of nitrogens with zero attached hydrogens (tertiary/aromatic N) is 6. The fourth-order valence-electron chi connectivity index (χ4n) is 6.72. The van der Waals surface area contributed by atoms with Crippen molar-refractivity contribution in [2.75, 3.05) is 42.9 Å². The van der Waals surface area contributed by atoms with Crippen LogP contribution in [0.3, 0.4) is 0 Å². The fourth-order valence-corrected chi connectivity index (χ4v) is 6.72. The van der Waals surface area contributed by atoms with Crippen molar-refractivity contribution in [2.24, 2.45) is 0 Å². The molecule has 3 amide bonds. The zero-order chi connectivity index (χ0) is 29.5. The van der Waals surface area contributed by atoms with Crippen LogP contribution >= 0.6 is 0 Å². The quantitative estimate of drug-likeness (QED) is 0.354. The molecule has 1 N–H and O–H groups in total. The zero-order valence-electron chi connectivity index (χ0n) is 23.8. The molecular formula is C32H33F2N7O2. The first-order valence-corrected chi connectivity index (χ1v) is 14.9. The average molecular weight is 586 g/mol. The molecule has 3 aliphatic heterocycles. The molecule has 3 aliphatic rings. The van der Waals surface area contributed by atoms with Gasteiger partial charge < -0.3 is 24.6 Å². The summed E-state index contributed by atoms with van der Waals surface area (Å²) in [4.78, 5) is 41.5. The minimum atomic E-state index is -0.938. The molecule has 2 saturated heterocycles. The lowest BCUT2D eigenvalue weighted by Gasteiger charge is -2.38. The van der Waals surface area contributed by atoms with Gasteiger partial charge in [0.1, 0.15) is 24.3 Å². The smallest absolute Gasteiger partial charge is 0.322 e. The molecule has 222 valence electrons. The zero-order valence-corrected chi connectivity index (χ0v) is 23.8. The van der Waals surface area contributed by atoms with E-state index in [0.717, 1.165) is 49.7 Å². The van der Waals surface area contributed by atoms with Crippen molar-refractivity contribution in [1.82, 2.24) is 24.3 Å². The van der Waals surface area contributed by atoms with Crippen molar-refractivity contribution >= 4 is 34.5 Å². The molecule has 43 heavy (non-hydrogen) atoms. The van der Waals surface area contributed by atoms with Crippen LogP contribution < -0.4 is 10.2 Å². The van der Waals surface area contributed by atoms with E-state index >= 15 is 4.39 Å². The summed E-state index contributed by atoms with van der Waals surface area (Å²) >= 11 is 0. The minimum Gasteiger partial charge on any atom is -0.356 e. The summed E-state index contributed by atoms with van der Waals surface area (Å²) in [5.74, 6) is -1.28. The van der Waals surface area contributed by atoms with Gasteiger partial charge in [-0.25, -0.2) is 23.5 Å². The predicted octanol–water partition coefficient (Wildman–Crippen LogP) is 5.06. The van der Waals surface area contributed by atoms with E-state index in [9.17, 15) is 14.0 Å². The van der Waals surface area contributed by atoms with Gasteiger partial charge in [0.2, 0.25) is 5.91 Å². The van der Waals surface area contributed by atoms with Crippen LogP contribution in [0.4, 0.5) is 25.1 Å². The van der Waals surface area contributed by atoms with Crippen LogP contribution in [0.15, 0.2) is 55.0 Å². The summed E-state index contributed by atoms with van der Waals surface area (Å²) in [6.07, 6.45) is 7.36. The Balaban J connectivity index is 1.11. The molecule has 2 aromatic carbocycles. The van der Waals surface area contributed by atoms with Crippen LogP contribution in [0.1, 0.15) is 31.2 Å². The molecule has 0 unspecified atom stereocenters. The highest BCUT2D eigenvalue weighted by Crippen LogP contribution is 2.38. The molecule has 7 rings (SSSR count). The second-order valence-corrected chi connectivity index (χ2v) is 11.5. The fraction of sp³-hybridized carbons (Fsp3) is 0.375. The second kappa shape index (κ2) is 11.3. The number of para-hydroxylation sites is 1. The number of carbonyl (C=O) groups excluding carboxylic acids is 2. The number of amides is 3. The van der Waals surface area contributed by atoms with Crippen molar-refractivity contribution in [1.29, 1.82) is 0 Å². The molecular weight excluding hydrogens is 552 g/mol. The number of halogens is 2. The van der Waals surface area contributed by atoms with Crippen molar-refractivity contribution in [2.45, 2.75) is 44.7 Å². The number of anilines is 2. The van der Waals surface area contributed by atoms with Crippen LogP contribution in [0.5, 0.6) is 0 Å². The Kier molecular flexibility index (Phi) is 7.16. The van der Waals surface area contributed by atoms with E-state index in [1.165, 1.54) is 12.4 Å². The monoisotopic (exact) mass is 585 g/mol. The number of rotatable bonds is 5. The van der Waals surface area contributed by atoms with Gasteiger partial charge in [-0.15, -0.1) is 0 Å². The lowest BCUT2D eigenvalue weighted by Crippen LogP contribution is -2.50. The van der Waals surface area contributed by atoms with Gasteiger partial charge in [-0.05, 0) is 49.8 Å². The third-order valence-corrected chi connectivity index (χ3v) is 8.99. The maximum Gasteiger partial charge on any atom is 0.322 e. The second-order valence-electron chi connectivity index (χ2n) is 11.5. The first-order chi connectivity index (χ1) is 21.0. The number of carbonyl (C=O) groups is 2. The minimum absolute atomic E-state index is 0.00800. The summed E-state index contributed by atoms with van der Waals surface area (Å²) in [7, 11) is 0. The third-order valence-electron chi connectivity index (χ3n) is 8.99. The van der Waals surface area contributed by atoms with Gasteiger partial charge in [-0.3, -0.25) is 4.79 Å². The van der Waals surface area contributed by atoms with Gasteiger partial charge in [0.15, 0.2) is 11.6 Å². The van der Waals surface area contributed by atoms with Crippen LogP contribution in [-0.4, -0.2) is 75.0 Å². The SMILES string of the molecule is O=C(Cn1cc(-c2cccc(F)c2F)c2c(N3CCCC3)ncnc21)N1CCC(N2CCc3ccccc3NC2=O)CC1. The Morgan fingerprint density at radius 3 is 2.53 bits per heavy atom. The van der Waals surface area contributed by atoms with Gasteiger partial charge in [-0.1, -0.05) is 30.3 Å². The number of aromatic nitrogens is 3. The Morgan fingerprint density at radius 1 is 0.930 bits per heavy atom. The van der Waals surface area contributed by atoms with Crippen molar-refractivity contribution in [3.63, 3.8) is 0 Å². The molecule has 0 bridgehead atoms. The van der Waals surface area contributed by atoms with E-state index in [4.69, 9.17) is 0 Å². The molecule has 2 fully saturated rings. The highest BCUT2D eigenvalue weighted by Gasteiger charge is 2.32. The van der Waals surface area contributed by atoms with Crippen molar-refractivity contribution in [3.05, 3.63) is 72.2 Å². The molecule has 0 radical (unpaired) electrons. The summed E-state index contributed by atoms with van der Waals surface area (Å²) < 4.78 is 31.1. The molecule has 4 aromatic rings. The van der Waals surface area contributed by atoms with Gasteiger partial charge >= 0.3 is 6.03 Å². The Morgan fingerprint density at radius 2 is 1.72 bits per heavy atom. The number of hydrogen-bond donors (Lipinski definition) is 1. The highest BCUT2D eigenvalue weighted by molar-refractivity contribution is 6.02. The maximum absolute atomic E-state index is 15.1. The summed E-state index contributed by atoms with van der Waals surface area (Å²) in [6, 6.07) is 11.9. The van der Waals surface area contributed by atoms with Gasteiger partial charge in [0, 0.05) is 61.8 Å². The number of nitrogens with one attached hydrogen (secondary N) is 1. The number of likely N-dealkylation sites (tertiary alicyclic amines) is 1. The number of hydrogen-bond acceptors (Lipinski definition) is 5. The Hall–Kier alpha value is -4.54. The third kappa shape index (κ3) is 5.06. The summed E-state index contributed by atoms with van der Waals surface area (Å²) in [5.41, 5.74) is 3.08. The van der Waals surface area contributed by atoms with Gasteiger partial charge in [0.25, 0.3) is 0 Å². The molecule has 9 nitrogen and oxygen atoms in total. The molecule has 5 heterocycles. The number of piperidine rings is 1. The van der Waals surface area contributed by atoms with E-state index in [-0.39, 0.29) is 30.1 Å². The van der Waals surface area contributed by atoms with E-state index in [2.05, 4.69) is 20.2 Å². The van der Waals surface area contributed by atoms with Crippen LogP contribution in [0, 0.1) is 11.6 Å². The molecule has 0 atom stereocenters. The average Bonchev–Trinajstić information content (AvgIpc) is 3.65. The molecule has 0 aliphatic carbocycles. The van der Waals surface area contributed by atoms with Crippen LogP contribution in [0.25, 0.3) is 22.2 Å². The lowest BCUT2D eigenvalue weighted by atomic mass is 10.0. The first-order valence-electron chi connectivity index (χ1n) is 14.9. The van der Waals surface area contributed by atoms with E-state index in [1.54, 1.807) is 16.8 Å². The van der Waals surface area contributed by atoms with Gasteiger partial charge in [-0.2, -0.15) is 0 Å². The summed E-state index contributed by atoms with van der Waals surface area (Å²) in [6.45, 7) is 3.33. The lowest BCUT2D eigenvalue weighted by molar-refractivity contribution is -0.133. The molecule has 0 spiro atoms. The Bertz CT molecular complexity index is 1690. The normalized spacial score (nSPS) is 17.7. The largest absolute Gasteiger partial charge is 0.356 e. The molecule has 0 saturated carbocycles. The molecule has 11 heteroatoms.